The van der Waals surface area contributed by atoms with Crippen LogP contribution in [-0.4, -0.2) is 24.7 Å². The van der Waals surface area contributed by atoms with E-state index < -0.39 is 10.5 Å². The van der Waals surface area contributed by atoms with Crippen LogP contribution in [0.1, 0.15) is 5.56 Å². The van der Waals surface area contributed by atoms with Gasteiger partial charge in [0.15, 0.2) is 0 Å². The van der Waals surface area contributed by atoms with E-state index in [0.29, 0.717) is 17.7 Å². The van der Waals surface area contributed by atoms with Crippen molar-refractivity contribution in [1.82, 2.24) is 19.7 Å². The summed E-state index contributed by atoms with van der Waals surface area (Å²) >= 11 is 0. The first kappa shape index (κ1) is 16.5. The van der Waals surface area contributed by atoms with Crippen LogP contribution in [-0.2, 0) is 6.54 Å². The number of nitrogens with one attached hydrogen (secondary N) is 2. The number of nitro benzene ring substituents is 1. The van der Waals surface area contributed by atoms with Gasteiger partial charge in [0.05, 0.1) is 27.8 Å². The van der Waals surface area contributed by atoms with Gasteiger partial charge in [0, 0.05) is 25.0 Å². The summed E-state index contributed by atoms with van der Waals surface area (Å²) in [5, 5.41) is 19.0. The molecule has 0 saturated heterocycles. The Morgan fingerprint density at radius 3 is 2.85 bits per heavy atom. The van der Waals surface area contributed by atoms with Gasteiger partial charge in [-0.15, -0.1) is 0 Å². The summed E-state index contributed by atoms with van der Waals surface area (Å²) < 4.78 is 1.73. The molecule has 0 aliphatic heterocycles. The number of aromatic amines is 1. The molecule has 9 heteroatoms. The number of nitrogens with zero attached hydrogens (tertiary/aromatic N) is 4. The van der Waals surface area contributed by atoms with Crippen LogP contribution < -0.4 is 10.9 Å². The van der Waals surface area contributed by atoms with Gasteiger partial charge >= 0.3 is 0 Å². The van der Waals surface area contributed by atoms with Gasteiger partial charge in [-0.2, -0.15) is 5.10 Å². The van der Waals surface area contributed by atoms with Crippen molar-refractivity contribution < 1.29 is 4.92 Å². The molecule has 0 atom stereocenters. The highest BCUT2D eigenvalue weighted by atomic mass is 16.6. The topological polar surface area (TPSA) is 119 Å². The summed E-state index contributed by atoms with van der Waals surface area (Å²) in [6.45, 7) is 0.339. The molecule has 2 N–H and O–H groups in total. The average molecular weight is 362 g/mol. The molecule has 0 radical (unpaired) electrons. The number of benzene rings is 2. The fraction of sp³-hybridized carbons (Fsp3) is 0.0556. The molecule has 2 aromatic heterocycles. The van der Waals surface area contributed by atoms with Crippen molar-refractivity contribution in [2.75, 3.05) is 5.32 Å². The van der Waals surface area contributed by atoms with Crippen LogP contribution in [0.4, 0.5) is 11.4 Å². The smallest absolute Gasteiger partial charge is 0.293 e. The number of rotatable bonds is 5. The maximum Gasteiger partial charge on any atom is 0.293 e. The Morgan fingerprint density at radius 2 is 2.07 bits per heavy atom. The lowest BCUT2D eigenvalue weighted by atomic mass is 10.1. The first-order valence-electron chi connectivity index (χ1n) is 8.11. The molecule has 0 spiro atoms. The number of anilines is 1. The van der Waals surface area contributed by atoms with Crippen LogP contribution in [0, 0.1) is 10.1 Å². The van der Waals surface area contributed by atoms with Crippen molar-refractivity contribution in [2.45, 2.75) is 6.54 Å². The minimum absolute atomic E-state index is 0.173. The number of aromatic nitrogens is 4. The number of fused-ring (bicyclic) bond motifs is 1. The van der Waals surface area contributed by atoms with Gasteiger partial charge in [-0.1, -0.05) is 18.2 Å². The third kappa shape index (κ3) is 3.13. The quantitative estimate of drug-likeness (QED) is 0.416. The first-order valence-corrected chi connectivity index (χ1v) is 8.11. The average Bonchev–Trinajstić information content (AvgIpc) is 3.21. The zero-order valence-electron chi connectivity index (χ0n) is 14.0. The second-order valence-electron chi connectivity index (χ2n) is 5.81. The molecule has 0 saturated carbocycles. The molecule has 27 heavy (non-hydrogen) atoms. The predicted molar refractivity (Wildman–Crippen MR) is 99.9 cm³/mol. The van der Waals surface area contributed by atoms with Gasteiger partial charge in [-0.05, 0) is 23.8 Å². The Bertz CT molecular complexity index is 1180. The number of hydrogen-bond acceptors (Lipinski definition) is 6. The zero-order valence-corrected chi connectivity index (χ0v) is 14.0. The largest absolute Gasteiger partial charge is 0.375 e. The molecule has 0 unspecified atom stereocenters. The van der Waals surface area contributed by atoms with Crippen molar-refractivity contribution in [3.63, 3.8) is 0 Å². The Morgan fingerprint density at radius 1 is 1.22 bits per heavy atom. The summed E-state index contributed by atoms with van der Waals surface area (Å²) in [6.07, 6.45) is 4.78. The van der Waals surface area contributed by atoms with Crippen molar-refractivity contribution in [3.05, 3.63) is 87.2 Å². The van der Waals surface area contributed by atoms with Gasteiger partial charge in [0.25, 0.3) is 11.2 Å². The number of H-pyrrole nitrogens is 1. The molecule has 4 rings (SSSR count). The van der Waals surface area contributed by atoms with Gasteiger partial charge in [-0.25, -0.2) is 9.67 Å². The molecule has 2 aromatic carbocycles. The molecule has 0 fully saturated rings. The fourth-order valence-electron chi connectivity index (χ4n) is 2.88. The van der Waals surface area contributed by atoms with E-state index >= 15 is 0 Å². The number of nitro groups is 1. The van der Waals surface area contributed by atoms with Crippen molar-refractivity contribution in [2.24, 2.45) is 0 Å². The Hall–Kier alpha value is -4.01. The van der Waals surface area contributed by atoms with E-state index in [9.17, 15) is 14.9 Å². The second kappa shape index (κ2) is 6.71. The van der Waals surface area contributed by atoms with Crippen LogP contribution in [0.25, 0.3) is 16.6 Å². The third-order valence-corrected chi connectivity index (χ3v) is 4.17. The molecule has 0 aliphatic carbocycles. The lowest BCUT2D eigenvalue weighted by molar-refractivity contribution is -0.383. The normalized spacial score (nSPS) is 10.8. The molecule has 0 bridgehead atoms. The van der Waals surface area contributed by atoms with Crippen molar-refractivity contribution in [3.8, 4) is 5.69 Å². The third-order valence-electron chi connectivity index (χ3n) is 4.17. The monoisotopic (exact) mass is 362 g/mol. The molecule has 9 nitrogen and oxygen atoms in total. The van der Waals surface area contributed by atoms with E-state index in [2.05, 4.69) is 20.4 Å². The summed E-state index contributed by atoms with van der Waals surface area (Å²) in [6, 6.07) is 12.2. The van der Waals surface area contributed by atoms with Crippen LogP contribution >= 0.6 is 0 Å². The Labute approximate surface area is 152 Å². The van der Waals surface area contributed by atoms with Gasteiger partial charge in [0.1, 0.15) is 5.69 Å². The van der Waals surface area contributed by atoms with E-state index in [1.807, 2.05) is 36.5 Å². The summed E-state index contributed by atoms with van der Waals surface area (Å²) in [4.78, 5) is 29.3. The standard InChI is InChI=1S/C18H14N6O3/c25-18-13-8-17(24(26)27)15(9-14(13)20-11-21-18)19-10-12-4-1-2-5-16(12)23-7-3-6-22-23/h1-9,11,19H,10H2,(H,20,21,25). The molecule has 134 valence electrons. The lowest BCUT2D eigenvalue weighted by Crippen LogP contribution is -2.10. The van der Waals surface area contributed by atoms with Crippen molar-refractivity contribution in [1.29, 1.82) is 0 Å². The molecule has 2 heterocycles. The molecule has 0 aliphatic rings. The molecule has 0 amide bonds. The maximum absolute atomic E-state index is 11.9. The first-order chi connectivity index (χ1) is 13.1. The number of hydrogen-bond donors (Lipinski definition) is 2. The van der Waals surface area contributed by atoms with Gasteiger partial charge in [-0.3, -0.25) is 14.9 Å². The van der Waals surface area contributed by atoms with Crippen LogP contribution in [0.3, 0.4) is 0 Å². The predicted octanol–water partition coefficient (Wildman–Crippen LogP) is 2.63. The van der Waals surface area contributed by atoms with Crippen molar-refractivity contribution >= 4 is 22.3 Å². The highest BCUT2D eigenvalue weighted by molar-refractivity contribution is 5.86. The minimum Gasteiger partial charge on any atom is -0.375 e. The van der Waals surface area contributed by atoms with Gasteiger partial charge < -0.3 is 10.3 Å². The van der Waals surface area contributed by atoms with E-state index in [1.165, 1.54) is 18.5 Å². The molecule has 4 aromatic rings. The van der Waals surface area contributed by atoms with E-state index in [1.54, 1.807) is 10.9 Å². The van der Waals surface area contributed by atoms with Crippen LogP contribution in [0.2, 0.25) is 0 Å². The Kier molecular flexibility index (Phi) is 4.09. The highest BCUT2D eigenvalue weighted by Crippen LogP contribution is 2.28. The zero-order chi connectivity index (χ0) is 18.8. The summed E-state index contributed by atoms with van der Waals surface area (Å²) in [5.41, 5.74) is 1.85. The molecular formula is C18H14N6O3. The van der Waals surface area contributed by atoms with E-state index in [-0.39, 0.29) is 11.1 Å². The highest BCUT2D eigenvalue weighted by Gasteiger charge is 2.17. The Balaban J connectivity index is 1.72. The fourth-order valence-corrected chi connectivity index (χ4v) is 2.88. The SMILES string of the molecule is O=c1[nH]cnc2cc(NCc3ccccc3-n3cccn3)c([N+](=O)[O-])cc12. The van der Waals surface area contributed by atoms with Crippen LogP contribution in [0.5, 0.6) is 0 Å². The van der Waals surface area contributed by atoms with Crippen LogP contribution in [0.15, 0.2) is 66.0 Å². The minimum atomic E-state index is -0.520. The number of para-hydroxylation sites is 1. The van der Waals surface area contributed by atoms with Gasteiger partial charge in [0.2, 0.25) is 0 Å². The lowest BCUT2D eigenvalue weighted by Gasteiger charge is -2.12. The summed E-state index contributed by atoms with van der Waals surface area (Å²) in [7, 11) is 0. The van der Waals surface area contributed by atoms with E-state index in [4.69, 9.17) is 0 Å². The maximum atomic E-state index is 11.9. The second-order valence-corrected chi connectivity index (χ2v) is 5.81. The molecular weight excluding hydrogens is 348 g/mol. The summed E-state index contributed by atoms with van der Waals surface area (Å²) in [5.74, 6) is 0. The van der Waals surface area contributed by atoms with E-state index in [0.717, 1.165) is 11.3 Å².